The summed E-state index contributed by atoms with van der Waals surface area (Å²) in [5, 5.41) is 0.860. The molecule has 2 nitrogen and oxygen atoms in total. The van der Waals surface area contributed by atoms with Gasteiger partial charge in [-0.3, -0.25) is 11.3 Å². The smallest absolute Gasteiger partial charge is 0.0441 e. The van der Waals surface area contributed by atoms with Crippen LogP contribution in [0.1, 0.15) is 50.7 Å². The lowest BCUT2D eigenvalue weighted by Gasteiger charge is -2.43. The second-order valence-corrected chi connectivity index (χ2v) is 7.32. The molecule has 2 unspecified atom stereocenters. The highest BCUT2D eigenvalue weighted by molar-refractivity contribution is 6.31. The number of hydrogen-bond acceptors (Lipinski definition) is 2. The number of nitrogens with two attached hydrogens (primary N) is 1. The maximum absolute atomic E-state index is 6.37. The number of halogens is 1. The van der Waals surface area contributed by atoms with Crippen molar-refractivity contribution in [1.29, 1.82) is 0 Å². The Hall–Kier alpha value is -0.570. The van der Waals surface area contributed by atoms with E-state index in [1.54, 1.807) is 0 Å². The lowest BCUT2D eigenvalue weighted by molar-refractivity contribution is 0.0982. The van der Waals surface area contributed by atoms with Crippen molar-refractivity contribution in [2.75, 3.05) is 0 Å². The monoisotopic (exact) mass is 294 g/mol. The number of hydrazine groups is 1. The minimum absolute atomic E-state index is 0.297. The molecule has 1 aliphatic carbocycles. The first-order valence-corrected chi connectivity index (χ1v) is 8.03. The van der Waals surface area contributed by atoms with Crippen LogP contribution in [0.15, 0.2) is 18.2 Å². The van der Waals surface area contributed by atoms with Gasteiger partial charge in [0.2, 0.25) is 0 Å². The maximum atomic E-state index is 6.37. The zero-order chi connectivity index (χ0) is 14.8. The molecule has 0 aliphatic heterocycles. The van der Waals surface area contributed by atoms with E-state index < -0.39 is 0 Å². The second kappa shape index (κ2) is 6.46. The molecule has 3 heteroatoms. The van der Waals surface area contributed by atoms with Crippen molar-refractivity contribution in [3.8, 4) is 0 Å². The SMILES string of the molecule is Cc1ccc(CC(NN)C2CCCCC2(C)C)c(Cl)c1. The van der Waals surface area contributed by atoms with Gasteiger partial charge < -0.3 is 0 Å². The van der Waals surface area contributed by atoms with Gasteiger partial charge in [0, 0.05) is 11.1 Å². The molecule has 1 aliphatic rings. The largest absolute Gasteiger partial charge is 0.271 e. The van der Waals surface area contributed by atoms with Crippen molar-refractivity contribution >= 4 is 11.6 Å². The van der Waals surface area contributed by atoms with E-state index in [2.05, 4.69) is 38.3 Å². The molecule has 0 saturated heterocycles. The Morgan fingerprint density at radius 1 is 1.40 bits per heavy atom. The van der Waals surface area contributed by atoms with Crippen LogP contribution in [0.4, 0.5) is 0 Å². The molecule has 0 aromatic heterocycles. The standard InChI is InChI=1S/C17H27ClN2/c1-12-7-8-13(15(18)10-12)11-16(20-19)14-6-4-5-9-17(14,2)3/h7-8,10,14,16,20H,4-6,9,11,19H2,1-3H3. The molecule has 1 aromatic rings. The Morgan fingerprint density at radius 2 is 2.15 bits per heavy atom. The number of benzene rings is 1. The predicted octanol–water partition coefficient (Wildman–Crippen LogP) is 4.24. The van der Waals surface area contributed by atoms with Crippen LogP contribution in [-0.4, -0.2) is 6.04 Å². The van der Waals surface area contributed by atoms with E-state index in [4.69, 9.17) is 17.4 Å². The van der Waals surface area contributed by atoms with Gasteiger partial charge in [-0.1, -0.05) is 50.4 Å². The third-order valence-corrected chi connectivity index (χ3v) is 5.29. The first-order chi connectivity index (χ1) is 9.44. The molecule has 0 heterocycles. The van der Waals surface area contributed by atoms with Crippen LogP contribution in [-0.2, 0) is 6.42 Å². The summed E-state index contributed by atoms with van der Waals surface area (Å²) in [4.78, 5) is 0. The van der Waals surface area contributed by atoms with Crippen molar-refractivity contribution < 1.29 is 0 Å². The van der Waals surface area contributed by atoms with Crippen molar-refractivity contribution in [2.45, 2.75) is 58.9 Å². The summed E-state index contributed by atoms with van der Waals surface area (Å²) in [5.74, 6) is 6.47. The summed E-state index contributed by atoms with van der Waals surface area (Å²) in [5.41, 5.74) is 5.81. The summed E-state index contributed by atoms with van der Waals surface area (Å²) < 4.78 is 0. The molecule has 0 amide bonds. The predicted molar refractivity (Wildman–Crippen MR) is 86.7 cm³/mol. The van der Waals surface area contributed by atoms with E-state index in [0.717, 1.165) is 11.4 Å². The highest BCUT2D eigenvalue weighted by Gasteiger charge is 2.37. The fourth-order valence-corrected chi connectivity index (χ4v) is 3.95. The van der Waals surface area contributed by atoms with E-state index in [1.807, 2.05) is 6.07 Å². The Labute approximate surface area is 128 Å². The summed E-state index contributed by atoms with van der Waals surface area (Å²) >= 11 is 6.37. The number of hydrogen-bond donors (Lipinski definition) is 2. The van der Waals surface area contributed by atoms with Crippen LogP contribution in [0.5, 0.6) is 0 Å². The van der Waals surface area contributed by atoms with E-state index >= 15 is 0 Å². The quantitative estimate of drug-likeness (QED) is 0.644. The first-order valence-electron chi connectivity index (χ1n) is 7.65. The Kier molecular flexibility index (Phi) is 5.11. The van der Waals surface area contributed by atoms with Crippen LogP contribution in [0.3, 0.4) is 0 Å². The van der Waals surface area contributed by atoms with Crippen molar-refractivity contribution in [3.63, 3.8) is 0 Å². The second-order valence-electron chi connectivity index (χ2n) is 6.91. The molecule has 3 N–H and O–H groups in total. The van der Waals surface area contributed by atoms with Crippen molar-refractivity contribution in [1.82, 2.24) is 5.43 Å². The molecular weight excluding hydrogens is 268 g/mol. The minimum Gasteiger partial charge on any atom is -0.271 e. The topological polar surface area (TPSA) is 38.0 Å². The van der Waals surface area contributed by atoms with Gasteiger partial charge in [-0.15, -0.1) is 0 Å². The number of aryl methyl sites for hydroxylation is 1. The van der Waals surface area contributed by atoms with Gasteiger partial charge in [0.05, 0.1) is 0 Å². The van der Waals surface area contributed by atoms with Crippen LogP contribution in [0, 0.1) is 18.3 Å². The number of rotatable bonds is 4. The first kappa shape index (κ1) is 15.8. The van der Waals surface area contributed by atoms with Gasteiger partial charge in [-0.25, -0.2) is 0 Å². The molecule has 1 fully saturated rings. The third kappa shape index (κ3) is 3.55. The van der Waals surface area contributed by atoms with E-state index in [1.165, 1.54) is 36.8 Å². The fraction of sp³-hybridized carbons (Fsp3) is 0.647. The highest BCUT2D eigenvalue weighted by atomic mass is 35.5. The summed E-state index contributed by atoms with van der Waals surface area (Å²) in [6, 6.07) is 6.60. The minimum atomic E-state index is 0.297. The molecule has 20 heavy (non-hydrogen) atoms. The van der Waals surface area contributed by atoms with Gasteiger partial charge in [0.15, 0.2) is 0 Å². The van der Waals surface area contributed by atoms with E-state index in [-0.39, 0.29) is 0 Å². The molecule has 0 radical (unpaired) electrons. The van der Waals surface area contributed by atoms with Crippen LogP contribution in [0.25, 0.3) is 0 Å². The average molecular weight is 295 g/mol. The van der Waals surface area contributed by atoms with Crippen LogP contribution in [0.2, 0.25) is 5.02 Å². The molecule has 112 valence electrons. The molecule has 0 spiro atoms. The molecule has 0 bridgehead atoms. The number of nitrogens with one attached hydrogen (secondary N) is 1. The summed E-state index contributed by atoms with van der Waals surface area (Å²) in [7, 11) is 0. The lowest BCUT2D eigenvalue weighted by atomic mass is 9.65. The van der Waals surface area contributed by atoms with Gasteiger partial charge >= 0.3 is 0 Å². The van der Waals surface area contributed by atoms with Gasteiger partial charge in [0.1, 0.15) is 0 Å². The normalized spacial score (nSPS) is 23.6. The lowest BCUT2D eigenvalue weighted by Crippen LogP contribution is -2.48. The van der Waals surface area contributed by atoms with Gasteiger partial charge in [-0.05, 0) is 54.7 Å². The van der Waals surface area contributed by atoms with Gasteiger partial charge in [-0.2, -0.15) is 0 Å². The summed E-state index contributed by atoms with van der Waals surface area (Å²) in [6.07, 6.45) is 6.10. The molecular formula is C17H27ClN2. The zero-order valence-electron chi connectivity index (χ0n) is 12.9. The Morgan fingerprint density at radius 3 is 2.75 bits per heavy atom. The van der Waals surface area contributed by atoms with Crippen molar-refractivity contribution in [3.05, 3.63) is 34.3 Å². The third-order valence-electron chi connectivity index (χ3n) is 4.94. The zero-order valence-corrected chi connectivity index (χ0v) is 13.6. The fourth-order valence-electron chi connectivity index (χ4n) is 3.64. The summed E-state index contributed by atoms with van der Waals surface area (Å²) in [6.45, 7) is 6.81. The average Bonchev–Trinajstić information content (AvgIpc) is 2.38. The highest BCUT2D eigenvalue weighted by Crippen LogP contribution is 2.43. The van der Waals surface area contributed by atoms with Crippen molar-refractivity contribution in [2.24, 2.45) is 17.2 Å². The maximum Gasteiger partial charge on any atom is 0.0441 e. The Bertz CT molecular complexity index is 456. The molecule has 2 atom stereocenters. The van der Waals surface area contributed by atoms with E-state index in [9.17, 15) is 0 Å². The van der Waals surface area contributed by atoms with E-state index in [0.29, 0.717) is 17.4 Å². The van der Waals surface area contributed by atoms with Crippen LogP contribution < -0.4 is 11.3 Å². The molecule has 1 aromatic carbocycles. The van der Waals surface area contributed by atoms with Gasteiger partial charge in [0.25, 0.3) is 0 Å². The Balaban J connectivity index is 2.15. The molecule has 2 rings (SSSR count). The molecule has 1 saturated carbocycles. The van der Waals surface area contributed by atoms with Crippen LogP contribution >= 0.6 is 11.6 Å².